The summed E-state index contributed by atoms with van der Waals surface area (Å²) >= 11 is 0. The Bertz CT molecular complexity index is 717. The summed E-state index contributed by atoms with van der Waals surface area (Å²) in [5.41, 5.74) is 3.26. The minimum atomic E-state index is 0.0340. The third-order valence-corrected chi connectivity index (χ3v) is 4.23. The third-order valence-electron chi connectivity index (χ3n) is 4.23. The first kappa shape index (κ1) is 21.9. The van der Waals surface area contributed by atoms with Crippen LogP contribution in [0.5, 0.6) is 5.75 Å². The Kier molecular flexibility index (Phi) is 10.1. The van der Waals surface area contributed by atoms with Crippen molar-refractivity contribution in [3.63, 3.8) is 0 Å². The van der Waals surface area contributed by atoms with Gasteiger partial charge in [-0.2, -0.15) is 0 Å². The van der Waals surface area contributed by atoms with Gasteiger partial charge in [-0.3, -0.25) is 4.79 Å². The maximum Gasteiger partial charge on any atom is 0.220 e. The molecule has 28 heavy (non-hydrogen) atoms. The Morgan fingerprint density at radius 2 is 1.75 bits per heavy atom. The summed E-state index contributed by atoms with van der Waals surface area (Å²) in [6.07, 6.45) is 1.14. The van der Waals surface area contributed by atoms with E-state index in [1.807, 2.05) is 56.3 Å². The van der Waals surface area contributed by atoms with E-state index in [1.54, 1.807) is 0 Å². The van der Waals surface area contributed by atoms with Crippen molar-refractivity contribution in [3.8, 4) is 5.75 Å². The molecule has 1 amide bonds. The summed E-state index contributed by atoms with van der Waals surface area (Å²) in [6.45, 7) is 7.48. The van der Waals surface area contributed by atoms with Crippen LogP contribution in [-0.2, 0) is 27.4 Å². The lowest BCUT2D eigenvalue weighted by molar-refractivity contribution is -0.121. The van der Waals surface area contributed by atoms with E-state index in [4.69, 9.17) is 14.2 Å². The van der Waals surface area contributed by atoms with Gasteiger partial charge >= 0.3 is 0 Å². The molecule has 0 fully saturated rings. The van der Waals surface area contributed by atoms with Crippen LogP contribution in [0.1, 0.15) is 36.5 Å². The number of benzene rings is 2. The number of amides is 1. The molecular weight excluding hydrogens is 354 g/mol. The molecule has 2 rings (SSSR count). The molecule has 0 unspecified atom stereocenters. The van der Waals surface area contributed by atoms with Gasteiger partial charge in [-0.1, -0.05) is 42.5 Å². The zero-order valence-corrected chi connectivity index (χ0v) is 16.9. The second kappa shape index (κ2) is 12.9. The lowest BCUT2D eigenvalue weighted by Crippen LogP contribution is -2.23. The van der Waals surface area contributed by atoms with Crippen molar-refractivity contribution in [2.45, 2.75) is 39.8 Å². The molecule has 2 aromatic carbocycles. The van der Waals surface area contributed by atoms with Crippen molar-refractivity contribution in [1.29, 1.82) is 0 Å². The Balaban J connectivity index is 1.62. The van der Waals surface area contributed by atoms with E-state index in [2.05, 4.69) is 11.4 Å². The molecule has 1 N–H and O–H groups in total. The monoisotopic (exact) mass is 385 g/mol. The highest BCUT2D eigenvalue weighted by Crippen LogP contribution is 2.16. The molecule has 0 aromatic heterocycles. The molecule has 5 heteroatoms. The van der Waals surface area contributed by atoms with Crippen LogP contribution in [0, 0.1) is 6.92 Å². The van der Waals surface area contributed by atoms with E-state index in [9.17, 15) is 4.79 Å². The first-order valence-corrected chi connectivity index (χ1v) is 9.87. The van der Waals surface area contributed by atoms with Gasteiger partial charge in [-0.15, -0.1) is 0 Å². The summed E-state index contributed by atoms with van der Waals surface area (Å²) in [7, 11) is 0. The van der Waals surface area contributed by atoms with Crippen molar-refractivity contribution in [2.75, 3.05) is 26.4 Å². The topological polar surface area (TPSA) is 56.8 Å². The molecule has 0 aliphatic carbocycles. The molecule has 152 valence electrons. The summed E-state index contributed by atoms with van der Waals surface area (Å²) in [5, 5.41) is 2.96. The van der Waals surface area contributed by atoms with Crippen molar-refractivity contribution < 1.29 is 19.0 Å². The molecule has 0 aliphatic rings. The largest absolute Gasteiger partial charge is 0.493 e. The van der Waals surface area contributed by atoms with Crippen LogP contribution in [-0.4, -0.2) is 32.3 Å². The lowest BCUT2D eigenvalue weighted by Gasteiger charge is -2.10. The number of hydrogen-bond donors (Lipinski definition) is 1. The number of carbonyl (C=O) groups is 1. The van der Waals surface area contributed by atoms with Gasteiger partial charge in [0.05, 0.1) is 26.4 Å². The summed E-state index contributed by atoms with van der Waals surface area (Å²) < 4.78 is 16.6. The second-order valence-corrected chi connectivity index (χ2v) is 6.56. The first-order valence-electron chi connectivity index (χ1n) is 9.87. The standard InChI is InChI=1S/C23H31NO4/c1-3-26-14-15-27-18-21-10-6-9-20(16-21)17-24-23(25)12-7-13-28-22-11-5-4-8-19(22)2/h4-6,8-11,16H,3,7,12-15,17-18H2,1-2H3,(H,24,25). The molecule has 0 spiro atoms. The lowest BCUT2D eigenvalue weighted by atomic mass is 10.1. The number of aryl methyl sites for hydroxylation is 1. The van der Waals surface area contributed by atoms with Crippen LogP contribution >= 0.6 is 0 Å². The molecular formula is C23H31NO4. The Morgan fingerprint density at radius 3 is 2.57 bits per heavy atom. The predicted molar refractivity (Wildman–Crippen MR) is 110 cm³/mol. The average molecular weight is 386 g/mol. The first-order chi connectivity index (χ1) is 13.7. The van der Waals surface area contributed by atoms with Crippen LogP contribution in [0.25, 0.3) is 0 Å². The van der Waals surface area contributed by atoms with Gasteiger partial charge in [0.1, 0.15) is 5.75 Å². The number of ether oxygens (including phenoxy) is 3. The molecule has 0 bridgehead atoms. The smallest absolute Gasteiger partial charge is 0.220 e. The van der Waals surface area contributed by atoms with E-state index in [0.717, 1.165) is 22.4 Å². The Morgan fingerprint density at radius 1 is 0.964 bits per heavy atom. The van der Waals surface area contributed by atoms with Gasteiger partial charge in [-0.05, 0) is 43.0 Å². The van der Waals surface area contributed by atoms with Gasteiger partial charge in [0.2, 0.25) is 5.91 Å². The Labute approximate surface area is 168 Å². The van der Waals surface area contributed by atoms with E-state index in [0.29, 0.717) is 52.4 Å². The van der Waals surface area contributed by atoms with Crippen LogP contribution in [0.3, 0.4) is 0 Å². The van der Waals surface area contributed by atoms with Crippen LogP contribution in [0.15, 0.2) is 48.5 Å². The summed E-state index contributed by atoms with van der Waals surface area (Å²) in [5.74, 6) is 0.912. The summed E-state index contributed by atoms with van der Waals surface area (Å²) in [4.78, 5) is 12.0. The zero-order valence-electron chi connectivity index (χ0n) is 16.9. The number of para-hydroxylation sites is 1. The fourth-order valence-corrected chi connectivity index (χ4v) is 2.70. The van der Waals surface area contributed by atoms with Gasteiger partial charge < -0.3 is 19.5 Å². The van der Waals surface area contributed by atoms with E-state index < -0.39 is 0 Å². The van der Waals surface area contributed by atoms with E-state index in [1.165, 1.54) is 0 Å². The molecule has 0 radical (unpaired) electrons. The van der Waals surface area contributed by atoms with Crippen molar-refractivity contribution >= 4 is 5.91 Å². The van der Waals surface area contributed by atoms with Crippen molar-refractivity contribution in [3.05, 3.63) is 65.2 Å². The molecule has 0 saturated carbocycles. The van der Waals surface area contributed by atoms with Gasteiger partial charge in [0.25, 0.3) is 0 Å². The minimum absolute atomic E-state index is 0.0340. The van der Waals surface area contributed by atoms with Gasteiger partial charge in [0, 0.05) is 19.6 Å². The maximum atomic E-state index is 12.0. The highest BCUT2D eigenvalue weighted by atomic mass is 16.5. The average Bonchev–Trinajstić information content (AvgIpc) is 2.71. The number of carbonyl (C=O) groups excluding carboxylic acids is 1. The van der Waals surface area contributed by atoms with Crippen LogP contribution in [0.2, 0.25) is 0 Å². The number of nitrogens with one attached hydrogen (secondary N) is 1. The predicted octanol–water partition coefficient (Wildman–Crippen LogP) is 4.02. The third kappa shape index (κ3) is 8.55. The number of hydrogen-bond acceptors (Lipinski definition) is 4. The van der Waals surface area contributed by atoms with Gasteiger partial charge in [0.15, 0.2) is 0 Å². The maximum absolute atomic E-state index is 12.0. The second-order valence-electron chi connectivity index (χ2n) is 6.56. The van der Waals surface area contributed by atoms with Gasteiger partial charge in [-0.25, -0.2) is 0 Å². The highest BCUT2D eigenvalue weighted by molar-refractivity contribution is 5.75. The van der Waals surface area contributed by atoms with Crippen molar-refractivity contribution in [2.24, 2.45) is 0 Å². The number of rotatable bonds is 13. The quantitative estimate of drug-likeness (QED) is 0.529. The normalized spacial score (nSPS) is 10.6. The molecule has 5 nitrogen and oxygen atoms in total. The molecule has 0 atom stereocenters. The SMILES string of the molecule is CCOCCOCc1cccc(CNC(=O)CCCOc2ccccc2C)c1. The van der Waals surface area contributed by atoms with E-state index in [-0.39, 0.29) is 5.91 Å². The zero-order chi connectivity index (χ0) is 20.0. The molecule has 2 aromatic rings. The highest BCUT2D eigenvalue weighted by Gasteiger charge is 2.04. The van der Waals surface area contributed by atoms with E-state index >= 15 is 0 Å². The minimum Gasteiger partial charge on any atom is -0.493 e. The van der Waals surface area contributed by atoms with Crippen LogP contribution in [0.4, 0.5) is 0 Å². The fraction of sp³-hybridized carbons (Fsp3) is 0.435. The Hall–Kier alpha value is -2.37. The summed E-state index contributed by atoms with van der Waals surface area (Å²) in [6, 6.07) is 16.0. The molecule has 0 heterocycles. The molecule has 0 aliphatic heterocycles. The fourth-order valence-electron chi connectivity index (χ4n) is 2.70. The van der Waals surface area contributed by atoms with Crippen molar-refractivity contribution in [1.82, 2.24) is 5.32 Å². The van der Waals surface area contributed by atoms with Crippen LogP contribution < -0.4 is 10.1 Å². The molecule has 0 saturated heterocycles.